The second kappa shape index (κ2) is 37.0. The fourth-order valence-corrected chi connectivity index (χ4v) is 8.84. The van der Waals surface area contributed by atoms with Crippen molar-refractivity contribution < 1.29 is 40.2 Å². The van der Waals surface area contributed by atoms with Gasteiger partial charge in [-0.25, -0.2) is 0 Å². The molecule has 8 heteroatoms. The Morgan fingerprint density at radius 2 is 0.656 bits per heavy atom. The first-order valence-electron chi connectivity index (χ1n) is 28.9. The second-order valence-electron chi connectivity index (χ2n) is 20.0. The predicted molar refractivity (Wildman–Crippen MR) is 361 cm³/mol. The molecule has 0 atom stereocenters. The summed E-state index contributed by atoms with van der Waals surface area (Å²) in [6, 6.07) is 115. The van der Waals surface area contributed by atoms with Crippen molar-refractivity contribution in [1.82, 2.24) is 29.9 Å². The van der Waals surface area contributed by atoms with Gasteiger partial charge in [0.25, 0.3) is 0 Å². The van der Waals surface area contributed by atoms with E-state index in [4.69, 9.17) is 0 Å². The molecule has 0 radical (unpaired) electrons. The number of rotatable bonds is 8. The van der Waals surface area contributed by atoms with Crippen LogP contribution in [0.3, 0.4) is 0 Å². The molecule has 0 unspecified atom stereocenters. The van der Waals surface area contributed by atoms with Crippen LogP contribution in [0.4, 0.5) is 0 Å². The van der Waals surface area contributed by atoms with Gasteiger partial charge in [0.2, 0.25) is 0 Å². The minimum absolute atomic E-state index is 0. The summed E-state index contributed by atoms with van der Waals surface area (Å²) in [6.07, 6.45) is 7.40. The van der Waals surface area contributed by atoms with Crippen molar-refractivity contribution in [3.63, 3.8) is 0 Å². The summed E-state index contributed by atoms with van der Waals surface area (Å²) in [7, 11) is 0. The number of pyridine rings is 6. The maximum absolute atomic E-state index is 4.55. The van der Waals surface area contributed by atoms with Crippen LogP contribution in [0.15, 0.2) is 316 Å². The Labute approximate surface area is 558 Å². The molecule has 0 aliphatic heterocycles. The molecule has 6 aromatic heterocycles. The van der Waals surface area contributed by atoms with Crippen LogP contribution in [0.5, 0.6) is 0 Å². The molecular weight excluding hydrogens is 1450 g/mol. The summed E-state index contributed by atoms with van der Waals surface area (Å²) in [5.41, 5.74) is 21.3. The van der Waals surface area contributed by atoms with Gasteiger partial charge < -0.3 is 29.9 Å². The van der Waals surface area contributed by atoms with E-state index in [9.17, 15) is 0 Å². The van der Waals surface area contributed by atoms with Crippen LogP contribution < -0.4 is 0 Å². The number of hydrogen-bond acceptors (Lipinski definition) is 6. The van der Waals surface area contributed by atoms with Crippen LogP contribution in [-0.2, 0) is 40.2 Å². The van der Waals surface area contributed by atoms with Gasteiger partial charge in [0, 0.05) is 41.7 Å². The molecule has 6 nitrogen and oxygen atoms in total. The van der Waals surface area contributed by atoms with E-state index in [0.717, 1.165) is 78.9 Å². The number of benzene rings is 8. The van der Waals surface area contributed by atoms with Crippen molar-refractivity contribution in [3.8, 4) is 89.8 Å². The van der Waals surface area contributed by atoms with Gasteiger partial charge in [-0.2, -0.15) is 0 Å². The van der Waals surface area contributed by atoms with Crippen molar-refractivity contribution in [2.45, 2.75) is 27.7 Å². The van der Waals surface area contributed by atoms with Gasteiger partial charge in [0.1, 0.15) is 0 Å². The molecule has 0 bridgehead atoms. The van der Waals surface area contributed by atoms with E-state index in [0.29, 0.717) is 0 Å². The van der Waals surface area contributed by atoms with E-state index in [1.54, 1.807) is 12.4 Å². The minimum Gasteiger partial charge on any atom is -0.305 e. The summed E-state index contributed by atoms with van der Waals surface area (Å²) in [5.74, 6) is 0. The Bertz CT molecular complexity index is 4000. The van der Waals surface area contributed by atoms with Gasteiger partial charge in [-0.15, -0.1) is 209 Å². The topological polar surface area (TPSA) is 77.3 Å². The average Bonchev–Trinajstić information content (AvgIpc) is 1.97. The van der Waals surface area contributed by atoms with E-state index in [1.165, 1.54) is 33.4 Å². The van der Waals surface area contributed by atoms with Crippen molar-refractivity contribution in [2.75, 3.05) is 0 Å². The minimum atomic E-state index is 0. The number of nitrogens with zero attached hydrogens (tertiary/aromatic N) is 6. The molecular formula is C82H64Ir2N6. The first-order chi connectivity index (χ1) is 43.3. The van der Waals surface area contributed by atoms with Crippen molar-refractivity contribution >= 4 is 0 Å². The Morgan fingerprint density at radius 3 is 1.03 bits per heavy atom. The molecule has 0 N–H and O–H groups in total. The molecule has 0 saturated carbocycles. The molecule has 0 amide bonds. The zero-order valence-corrected chi connectivity index (χ0v) is 55.2. The summed E-state index contributed by atoms with van der Waals surface area (Å²) in [5, 5.41) is 0. The maximum Gasteiger partial charge on any atom is 3.00 e. The second-order valence-corrected chi connectivity index (χ2v) is 20.0. The van der Waals surface area contributed by atoms with Gasteiger partial charge >= 0.3 is 40.2 Å². The van der Waals surface area contributed by atoms with E-state index >= 15 is 0 Å². The molecule has 0 spiro atoms. The molecule has 0 aliphatic rings. The number of hydrogen-bond donors (Lipinski definition) is 0. The third kappa shape index (κ3) is 21.4. The van der Waals surface area contributed by atoms with Gasteiger partial charge in [-0.1, -0.05) is 139 Å². The first kappa shape index (κ1) is 67.5. The Balaban J connectivity index is 0.000000155. The Morgan fingerprint density at radius 1 is 0.267 bits per heavy atom. The van der Waals surface area contributed by atoms with Crippen LogP contribution in [-0.4, -0.2) is 29.9 Å². The van der Waals surface area contributed by atoms with Gasteiger partial charge in [-0.05, 0) is 103 Å². The third-order valence-corrected chi connectivity index (χ3v) is 13.3. The van der Waals surface area contributed by atoms with Crippen molar-refractivity contribution in [2.24, 2.45) is 0 Å². The molecule has 440 valence electrons. The smallest absolute Gasteiger partial charge is 0.305 e. The number of aryl methyl sites for hydroxylation is 4. The molecule has 14 rings (SSSR count). The number of aromatic nitrogens is 6. The Kier molecular flexibility index (Phi) is 27.7. The van der Waals surface area contributed by atoms with Crippen LogP contribution in [0.1, 0.15) is 22.5 Å². The quantitative estimate of drug-likeness (QED) is 0.141. The molecule has 14 aromatic rings. The molecule has 0 fully saturated rings. The van der Waals surface area contributed by atoms with Crippen LogP contribution in [0.25, 0.3) is 89.8 Å². The Hall–Kier alpha value is -10.0. The zero-order valence-electron chi connectivity index (χ0n) is 50.4. The summed E-state index contributed by atoms with van der Waals surface area (Å²) in [4.78, 5) is 26.2. The van der Waals surface area contributed by atoms with Crippen LogP contribution in [0.2, 0.25) is 0 Å². The summed E-state index contributed by atoms with van der Waals surface area (Å²) >= 11 is 0. The fraction of sp³-hybridized carbons (Fsp3) is 0.0488. The van der Waals surface area contributed by atoms with E-state index in [-0.39, 0.29) is 40.2 Å². The van der Waals surface area contributed by atoms with E-state index in [2.05, 4.69) is 122 Å². The maximum atomic E-state index is 4.55. The zero-order chi connectivity index (χ0) is 60.8. The monoisotopic (exact) mass is 1520 g/mol. The molecule has 0 aliphatic carbocycles. The van der Waals surface area contributed by atoms with Gasteiger partial charge in [0.05, 0.1) is 0 Å². The van der Waals surface area contributed by atoms with Crippen molar-refractivity contribution in [3.05, 3.63) is 375 Å². The largest absolute Gasteiger partial charge is 3.00 e. The van der Waals surface area contributed by atoms with Crippen LogP contribution >= 0.6 is 0 Å². The summed E-state index contributed by atoms with van der Waals surface area (Å²) in [6.45, 7) is 8.15. The molecule has 90 heavy (non-hydrogen) atoms. The standard InChI is InChI=1S/2C18H14N.2C12H10N.2C11H8N.2Ir/c1-14-12-18(16-10-6-3-7-11-16)19-13-17(14)15-8-4-2-5-9-15;1-14-7-12-18(19-13-14)17-10-8-16(9-11-17)15-5-3-2-4-6-15;2*1-10-6-5-9-12(13-10)11-7-3-2-4-8-11;2*1-2-6-10(7-3-1)11-8-4-5-9-12-11;;/h2*2-10,12-13H,1H3;2*2-7,9H,1H3;2*1-6,8-9H;;/q6*-1;2*+3. The fourth-order valence-electron chi connectivity index (χ4n) is 8.84. The normalized spacial score (nSPS) is 9.82. The van der Waals surface area contributed by atoms with Gasteiger partial charge in [0.15, 0.2) is 0 Å². The average molecular weight is 1520 g/mol. The van der Waals surface area contributed by atoms with Crippen molar-refractivity contribution in [1.29, 1.82) is 0 Å². The summed E-state index contributed by atoms with van der Waals surface area (Å²) < 4.78 is 0. The van der Waals surface area contributed by atoms with Gasteiger partial charge in [-0.3, -0.25) is 0 Å². The third-order valence-electron chi connectivity index (χ3n) is 13.3. The first-order valence-corrected chi connectivity index (χ1v) is 28.9. The predicted octanol–water partition coefficient (Wildman–Crippen LogP) is 19.9. The van der Waals surface area contributed by atoms with Crippen LogP contribution in [0, 0.1) is 64.1 Å². The molecule has 0 saturated heterocycles. The SMILES string of the molecule is Cc1cc(-c2[c-]cccc2)ncc1-c1ccccc1.Cc1ccc(-c2[c-]cc(-c3ccccc3)cc2)nc1.Cc1cccc(-c2[c-]cccc2)n1.Cc1cccc(-c2[c-]cccc2)n1.[Ir+3].[Ir+3].[c-]1ccccc1-c1ccccn1.[c-]1ccccc1-c1ccccn1. The molecule has 6 heterocycles. The van der Waals surface area contributed by atoms with E-state index in [1.807, 2.05) is 276 Å². The van der Waals surface area contributed by atoms with E-state index < -0.39 is 0 Å². The molecule has 8 aromatic carbocycles.